The third-order valence-electron chi connectivity index (χ3n) is 4.03. The van der Waals surface area contributed by atoms with Crippen LogP contribution in [-0.4, -0.2) is 30.4 Å². The number of esters is 1. The van der Waals surface area contributed by atoms with Crippen LogP contribution in [0.2, 0.25) is 0 Å². The summed E-state index contributed by atoms with van der Waals surface area (Å²) in [6.07, 6.45) is -4.48. The summed E-state index contributed by atoms with van der Waals surface area (Å²) in [7, 11) is 1.59. The zero-order valence-electron chi connectivity index (χ0n) is 14.3. The van der Waals surface area contributed by atoms with E-state index >= 15 is 0 Å². The number of halogens is 3. The standard InChI is InChI=1S/C19H18F3NO3/c1-13(14-6-4-3-5-7-14)23(2)17(24)12-26-18(25)15-8-10-16(11-9-15)19(20,21)22/h3-11,13H,12H2,1-2H3. The maximum absolute atomic E-state index is 12.5. The molecule has 0 aliphatic carbocycles. The van der Waals surface area contributed by atoms with Gasteiger partial charge in [-0.15, -0.1) is 0 Å². The minimum Gasteiger partial charge on any atom is -0.452 e. The zero-order chi connectivity index (χ0) is 19.3. The SMILES string of the molecule is CC(c1ccccc1)N(C)C(=O)COC(=O)c1ccc(C(F)(F)F)cc1. The first-order chi connectivity index (χ1) is 12.2. The third-order valence-corrected chi connectivity index (χ3v) is 4.03. The number of likely N-dealkylation sites (N-methyl/N-ethyl adjacent to an activating group) is 1. The topological polar surface area (TPSA) is 46.6 Å². The largest absolute Gasteiger partial charge is 0.452 e. The van der Waals surface area contributed by atoms with Crippen LogP contribution < -0.4 is 0 Å². The monoisotopic (exact) mass is 365 g/mol. The predicted molar refractivity (Wildman–Crippen MR) is 89.4 cm³/mol. The van der Waals surface area contributed by atoms with Gasteiger partial charge < -0.3 is 9.64 Å². The number of hydrogen-bond donors (Lipinski definition) is 0. The van der Waals surface area contributed by atoms with Gasteiger partial charge in [-0.05, 0) is 36.8 Å². The van der Waals surface area contributed by atoms with E-state index in [1.54, 1.807) is 7.05 Å². The molecule has 0 aromatic heterocycles. The molecular weight excluding hydrogens is 347 g/mol. The summed E-state index contributed by atoms with van der Waals surface area (Å²) in [6.45, 7) is 1.35. The second-order valence-electron chi connectivity index (χ2n) is 5.74. The van der Waals surface area contributed by atoms with Crippen molar-refractivity contribution in [2.24, 2.45) is 0 Å². The molecule has 0 spiro atoms. The summed E-state index contributed by atoms with van der Waals surface area (Å²) in [6, 6.07) is 12.7. The van der Waals surface area contributed by atoms with Gasteiger partial charge in [-0.25, -0.2) is 4.79 Å². The molecule has 0 aliphatic rings. The first-order valence-corrected chi connectivity index (χ1v) is 7.85. The van der Waals surface area contributed by atoms with Crippen LogP contribution in [0.1, 0.15) is 34.5 Å². The normalized spacial score (nSPS) is 12.3. The highest BCUT2D eigenvalue weighted by molar-refractivity contribution is 5.91. The summed E-state index contributed by atoms with van der Waals surface area (Å²) in [4.78, 5) is 25.5. The van der Waals surface area contributed by atoms with Gasteiger partial charge >= 0.3 is 12.1 Å². The fraction of sp³-hybridized carbons (Fsp3) is 0.263. The third kappa shape index (κ3) is 4.84. The number of rotatable bonds is 5. The number of amides is 1. The first-order valence-electron chi connectivity index (χ1n) is 7.85. The molecule has 0 fully saturated rings. The molecule has 2 aromatic carbocycles. The second kappa shape index (κ2) is 8.03. The maximum atomic E-state index is 12.5. The van der Waals surface area contributed by atoms with Gasteiger partial charge in [0.15, 0.2) is 6.61 Å². The summed E-state index contributed by atoms with van der Waals surface area (Å²) in [5, 5.41) is 0. The Morgan fingerprint density at radius 2 is 1.62 bits per heavy atom. The molecule has 26 heavy (non-hydrogen) atoms. The molecule has 138 valence electrons. The van der Waals surface area contributed by atoms with E-state index in [1.807, 2.05) is 37.3 Å². The summed E-state index contributed by atoms with van der Waals surface area (Å²) in [5.41, 5.74) is 0.0172. The highest BCUT2D eigenvalue weighted by Crippen LogP contribution is 2.29. The van der Waals surface area contributed by atoms with Crippen LogP contribution in [-0.2, 0) is 15.7 Å². The van der Waals surface area contributed by atoms with Crippen LogP contribution >= 0.6 is 0 Å². The fourth-order valence-corrected chi connectivity index (χ4v) is 2.28. The molecule has 0 saturated carbocycles. The number of carbonyl (C=O) groups is 2. The van der Waals surface area contributed by atoms with Crippen LogP contribution in [0.25, 0.3) is 0 Å². The molecule has 1 atom stereocenters. The van der Waals surface area contributed by atoms with Gasteiger partial charge in [0.25, 0.3) is 5.91 Å². The van der Waals surface area contributed by atoms with Crippen molar-refractivity contribution in [1.29, 1.82) is 0 Å². The smallest absolute Gasteiger partial charge is 0.416 e. The van der Waals surface area contributed by atoms with Crippen molar-refractivity contribution in [2.75, 3.05) is 13.7 Å². The van der Waals surface area contributed by atoms with Gasteiger partial charge in [-0.2, -0.15) is 13.2 Å². The van der Waals surface area contributed by atoms with Crippen molar-refractivity contribution in [2.45, 2.75) is 19.1 Å². The summed E-state index contributed by atoms with van der Waals surface area (Å²) < 4.78 is 42.4. The van der Waals surface area contributed by atoms with Gasteiger partial charge in [0, 0.05) is 7.05 Å². The molecule has 0 bridgehead atoms. The van der Waals surface area contributed by atoms with Crippen molar-refractivity contribution in [3.8, 4) is 0 Å². The fourth-order valence-electron chi connectivity index (χ4n) is 2.28. The molecule has 0 heterocycles. The summed E-state index contributed by atoms with van der Waals surface area (Å²) in [5.74, 6) is -1.27. The lowest BCUT2D eigenvalue weighted by molar-refractivity contribution is -0.137. The van der Waals surface area contributed by atoms with Crippen molar-refractivity contribution < 1.29 is 27.5 Å². The Morgan fingerprint density at radius 3 is 2.15 bits per heavy atom. The van der Waals surface area contributed by atoms with Crippen LogP contribution in [0.4, 0.5) is 13.2 Å². The number of nitrogens with zero attached hydrogens (tertiary/aromatic N) is 1. The average molecular weight is 365 g/mol. The molecule has 7 heteroatoms. The van der Waals surface area contributed by atoms with Gasteiger partial charge in [-0.3, -0.25) is 4.79 Å². The average Bonchev–Trinajstić information content (AvgIpc) is 2.64. The molecule has 0 radical (unpaired) electrons. The lowest BCUT2D eigenvalue weighted by Crippen LogP contribution is -2.33. The van der Waals surface area contributed by atoms with Gasteiger partial charge in [0.1, 0.15) is 0 Å². The molecule has 0 aliphatic heterocycles. The highest BCUT2D eigenvalue weighted by atomic mass is 19.4. The van der Waals surface area contributed by atoms with Crippen LogP contribution in [0, 0.1) is 0 Å². The number of hydrogen-bond acceptors (Lipinski definition) is 3. The van der Waals surface area contributed by atoms with Crippen molar-refractivity contribution >= 4 is 11.9 Å². The molecule has 0 saturated heterocycles. The van der Waals surface area contributed by atoms with Gasteiger partial charge in [-0.1, -0.05) is 30.3 Å². The molecule has 1 amide bonds. The summed E-state index contributed by atoms with van der Waals surface area (Å²) >= 11 is 0. The van der Waals surface area contributed by atoms with Crippen LogP contribution in [0.3, 0.4) is 0 Å². The Hall–Kier alpha value is -2.83. The molecule has 1 unspecified atom stereocenters. The van der Waals surface area contributed by atoms with Crippen LogP contribution in [0.15, 0.2) is 54.6 Å². The maximum Gasteiger partial charge on any atom is 0.416 e. The quantitative estimate of drug-likeness (QED) is 0.750. The van der Waals surface area contributed by atoms with Gasteiger partial charge in [0.05, 0.1) is 17.2 Å². The predicted octanol–water partition coefficient (Wildman–Crippen LogP) is 4.08. The van der Waals surface area contributed by atoms with E-state index in [-0.39, 0.29) is 11.6 Å². The van der Waals surface area contributed by atoms with E-state index in [0.717, 1.165) is 29.8 Å². The minimum absolute atomic E-state index is 0.0513. The number of ether oxygens (including phenoxy) is 1. The number of carbonyl (C=O) groups excluding carboxylic acids is 2. The highest BCUT2D eigenvalue weighted by Gasteiger charge is 2.30. The Kier molecular flexibility index (Phi) is 6.02. The molecule has 2 aromatic rings. The Morgan fingerprint density at radius 1 is 1.04 bits per heavy atom. The Balaban J connectivity index is 1.93. The minimum atomic E-state index is -4.48. The van der Waals surface area contributed by atoms with E-state index in [9.17, 15) is 22.8 Å². The first kappa shape index (κ1) is 19.5. The Labute approximate surface area is 149 Å². The van der Waals surface area contributed by atoms with Crippen molar-refractivity contribution in [3.63, 3.8) is 0 Å². The molecule has 4 nitrogen and oxygen atoms in total. The van der Waals surface area contributed by atoms with E-state index in [1.165, 1.54) is 4.90 Å². The van der Waals surface area contributed by atoms with E-state index < -0.39 is 30.2 Å². The molecular formula is C19H18F3NO3. The zero-order valence-corrected chi connectivity index (χ0v) is 14.3. The van der Waals surface area contributed by atoms with Crippen LogP contribution in [0.5, 0.6) is 0 Å². The lowest BCUT2D eigenvalue weighted by Gasteiger charge is -2.25. The van der Waals surface area contributed by atoms with E-state index in [2.05, 4.69) is 0 Å². The number of benzene rings is 2. The Bertz CT molecular complexity index is 758. The lowest BCUT2D eigenvalue weighted by atomic mass is 10.1. The molecule has 2 rings (SSSR count). The van der Waals surface area contributed by atoms with E-state index in [4.69, 9.17) is 4.74 Å². The molecule has 0 N–H and O–H groups in total. The van der Waals surface area contributed by atoms with Gasteiger partial charge in [0.2, 0.25) is 0 Å². The van der Waals surface area contributed by atoms with Crippen molar-refractivity contribution in [3.05, 3.63) is 71.3 Å². The van der Waals surface area contributed by atoms with Crippen molar-refractivity contribution in [1.82, 2.24) is 4.90 Å². The van der Waals surface area contributed by atoms with E-state index in [0.29, 0.717) is 0 Å². The second-order valence-corrected chi connectivity index (χ2v) is 5.74. The number of alkyl halides is 3.